The Kier molecular flexibility index (Phi) is 5.88. The number of carbonyl (C=O) groups excluding carboxylic acids is 1. The fourth-order valence-corrected chi connectivity index (χ4v) is 1.97. The van der Waals surface area contributed by atoms with Crippen molar-refractivity contribution in [1.82, 2.24) is 10.2 Å². The second-order valence-corrected chi connectivity index (χ2v) is 4.34. The number of furan rings is 1. The van der Waals surface area contributed by atoms with E-state index < -0.39 is 0 Å². The average Bonchev–Trinajstić information content (AvgIpc) is 2.76. The number of nitrogens with zero attached hydrogens (tertiary/aromatic N) is 1. The largest absolute Gasteiger partial charge is 0.465 e. The maximum Gasteiger partial charge on any atom is 0.233 e. The highest BCUT2D eigenvalue weighted by atomic mass is 16.3. The lowest BCUT2D eigenvalue weighted by atomic mass is 10.1. The van der Waals surface area contributed by atoms with E-state index in [0.29, 0.717) is 13.1 Å². The van der Waals surface area contributed by atoms with Crippen LogP contribution in [0, 0.1) is 6.92 Å². The minimum Gasteiger partial charge on any atom is -0.465 e. The van der Waals surface area contributed by atoms with Crippen LogP contribution in [0.15, 0.2) is 16.5 Å². The SMILES string of the molecule is CCCN(CC(=O)NC)C(CN)c1ccc(C)o1. The molecule has 5 nitrogen and oxygen atoms in total. The number of rotatable bonds is 7. The summed E-state index contributed by atoms with van der Waals surface area (Å²) in [6, 6.07) is 3.80. The Labute approximate surface area is 108 Å². The molecule has 0 bridgehead atoms. The first-order valence-electron chi connectivity index (χ1n) is 6.33. The Bertz CT molecular complexity index is 376. The van der Waals surface area contributed by atoms with Crippen LogP contribution in [-0.2, 0) is 4.79 Å². The topological polar surface area (TPSA) is 71.5 Å². The van der Waals surface area contributed by atoms with Crippen molar-refractivity contribution in [3.8, 4) is 0 Å². The second-order valence-electron chi connectivity index (χ2n) is 4.34. The molecular formula is C13H23N3O2. The number of amides is 1. The quantitative estimate of drug-likeness (QED) is 0.762. The molecule has 0 aromatic carbocycles. The fraction of sp³-hybridized carbons (Fsp3) is 0.615. The summed E-state index contributed by atoms with van der Waals surface area (Å²) in [7, 11) is 1.64. The third-order valence-corrected chi connectivity index (χ3v) is 2.89. The fourth-order valence-electron chi connectivity index (χ4n) is 1.97. The highest BCUT2D eigenvalue weighted by Gasteiger charge is 2.23. The lowest BCUT2D eigenvalue weighted by Crippen LogP contribution is -2.41. The molecule has 0 fully saturated rings. The molecule has 0 saturated heterocycles. The van der Waals surface area contributed by atoms with Crippen LogP contribution in [-0.4, -0.2) is 37.5 Å². The van der Waals surface area contributed by atoms with E-state index in [1.54, 1.807) is 7.05 Å². The van der Waals surface area contributed by atoms with Gasteiger partial charge in [-0.2, -0.15) is 0 Å². The van der Waals surface area contributed by atoms with Gasteiger partial charge in [-0.3, -0.25) is 9.69 Å². The van der Waals surface area contributed by atoms with Crippen LogP contribution in [0.2, 0.25) is 0 Å². The number of nitrogens with two attached hydrogens (primary N) is 1. The van der Waals surface area contributed by atoms with E-state index in [0.717, 1.165) is 24.5 Å². The second kappa shape index (κ2) is 7.18. The zero-order chi connectivity index (χ0) is 13.5. The highest BCUT2D eigenvalue weighted by Crippen LogP contribution is 2.21. The molecule has 5 heteroatoms. The first-order chi connectivity index (χ1) is 8.62. The molecule has 0 aliphatic rings. The molecule has 0 aliphatic carbocycles. The average molecular weight is 253 g/mol. The van der Waals surface area contributed by atoms with Crippen molar-refractivity contribution in [3.05, 3.63) is 23.7 Å². The molecule has 1 aromatic rings. The molecule has 3 N–H and O–H groups in total. The molecule has 0 radical (unpaired) electrons. The maximum atomic E-state index is 11.5. The Morgan fingerprint density at radius 1 is 1.56 bits per heavy atom. The van der Waals surface area contributed by atoms with Gasteiger partial charge in [0.05, 0.1) is 12.6 Å². The minimum absolute atomic E-state index is 0.00909. The molecule has 102 valence electrons. The van der Waals surface area contributed by atoms with Crippen molar-refractivity contribution in [1.29, 1.82) is 0 Å². The maximum absolute atomic E-state index is 11.5. The van der Waals surface area contributed by atoms with Crippen molar-refractivity contribution < 1.29 is 9.21 Å². The number of hydrogen-bond acceptors (Lipinski definition) is 4. The molecule has 0 saturated carbocycles. The van der Waals surface area contributed by atoms with Crippen molar-refractivity contribution >= 4 is 5.91 Å². The molecule has 0 aliphatic heterocycles. The van der Waals surface area contributed by atoms with Crippen LogP contribution < -0.4 is 11.1 Å². The van der Waals surface area contributed by atoms with Crippen LogP contribution in [0.4, 0.5) is 0 Å². The number of hydrogen-bond donors (Lipinski definition) is 2. The highest BCUT2D eigenvalue weighted by molar-refractivity contribution is 5.77. The zero-order valence-electron chi connectivity index (χ0n) is 11.4. The predicted molar refractivity (Wildman–Crippen MR) is 71.2 cm³/mol. The van der Waals surface area contributed by atoms with E-state index >= 15 is 0 Å². The number of aryl methyl sites for hydroxylation is 1. The number of carbonyl (C=O) groups is 1. The van der Waals surface area contributed by atoms with Crippen molar-refractivity contribution in [2.45, 2.75) is 26.3 Å². The summed E-state index contributed by atoms with van der Waals surface area (Å²) in [6.45, 7) is 5.57. The van der Waals surface area contributed by atoms with Gasteiger partial charge in [0, 0.05) is 13.6 Å². The van der Waals surface area contributed by atoms with Crippen molar-refractivity contribution in [3.63, 3.8) is 0 Å². The van der Waals surface area contributed by atoms with E-state index in [9.17, 15) is 4.79 Å². The van der Waals surface area contributed by atoms with E-state index in [4.69, 9.17) is 10.2 Å². The molecule has 1 aromatic heterocycles. The first-order valence-corrected chi connectivity index (χ1v) is 6.33. The molecule has 1 rings (SSSR count). The summed E-state index contributed by atoms with van der Waals surface area (Å²) in [4.78, 5) is 13.6. The van der Waals surface area contributed by atoms with Crippen molar-refractivity contribution in [2.24, 2.45) is 5.73 Å². The third-order valence-electron chi connectivity index (χ3n) is 2.89. The summed E-state index contributed by atoms with van der Waals surface area (Å²) >= 11 is 0. The third kappa shape index (κ3) is 3.85. The van der Waals surface area contributed by atoms with Gasteiger partial charge >= 0.3 is 0 Å². The normalized spacial score (nSPS) is 12.7. The first kappa shape index (κ1) is 14.7. The Morgan fingerprint density at radius 3 is 2.72 bits per heavy atom. The van der Waals surface area contributed by atoms with Gasteiger partial charge in [-0.1, -0.05) is 6.92 Å². The molecular weight excluding hydrogens is 230 g/mol. The van der Waals surface area contributed by atoms with Crippen LogP contribution in [0.1, 0.15) is 30.9 Å². The standard InChI is InChI=1S/C13H23N3O2/c1-4-7-16(9-13(17)15-3)11(8-14)12-6-5-10(2)18-12/h5-6,11H,4,7-9,14H2,1-3H3,(H,15,17). The predicted octanol–water partition coefficient (Wildman–Crippen LogP) is 1.05. The van der Waals surface area contributed by atoms with Crippen LogP contribution in [0.3, 0.4) is 0 Å². The van der Waals surface area contributed by atoms with E-state index in [1.807, 2.05) is 19.1 Å². The van der Waals surface area contributed by atoms with E-state index in [-0.39, 0.29) is 11.9 Å². The molecule has 1 unspecified atom stereocenters. The van der Waals surface area contributed by atoms with Gasteiger partial charge in [0.2, 0.25) is 5.91 Å². The number of likely N-dealkylation sites (N-methyl/N-ethyl adjacent to an activating group) is 1. The smallest absolute Gasteiger partial charge is 0.233 e. The van der Waals surface area contributed by atoms with Crippen LogP contribution >= 0.6 is 0 Å². The Balaban J connectivity index is 2.83. The lowest BCUT2D eigenvalue weighted by molar-refractivity contribution is -0.122. The van der Waals surface area contributed by atoms with Crippen LogP contribution in [0.25, 0.3) is 0 Å². The van der Waals surface area contributed by atoms with E-state index in [1.165, 1.54) is 0 Å². The molecule has 1 heterocycles. The molecule has 0 spiro atoms. The van der Waals surface area contributed by atoms with Gasteiger partial charge in [-0.05, 0) is 32.0 Å². The van der Waals surface area contributed by atoms with Crippen LogP contribution in [0.5, 0.6) is 0 Å². The molecule has 18 heavy (non-hydrogen) atoms. The summed E-state index contributed by atoms with van der Waals surface area (Å²) < 4.78 is 5.63. The Hall–Kier alpha value is -1.33. The van der Waals surface area contributed by atoms with Gasteiger partial charge in [0.1, 0.15) is 11.5 Å². The number of nitrogens with one attached hydrogen (secondary N) is 1. The summed E-state index contributed by atoms with van der Waals surface area (Å²) in [5.41, 5.74) is 5.83. The van der Waals surface area contributed by atoms with Gasteiger partial charge < -0.3 is 15.5 Å². The van der Waals surface area contributed by atoms with Gasteiger partial charge in [-0.15, -0.1) is 0 Å². The summed E-state index contributed by atoms with van der Waals surface area (Å²) in [5, 5.41) is 2.64. The summed E-state index contributed by atoms with van der Waals surface area (Å²) in [5.74, 6) is 1.68. The van der Waals surface area contributed by atoms with Gasteiger partial charge in [0.25, 0.3) is 0 Å². The van der Waals surface area contributed by atoms with Crippen molar-refractivity contribution in [2.75, 3.05) is 26.7 Å². The van der Waals surface area contributed by atoms with E-state index in [2.05, 4.69) is 17.1 Å². The van der Waals surface area contributed by atoms with Gasteiger partial charge in [-0.25, -0.2) is 0 Å². The lowest BCUT2D eigenvalue weighted by Gasteiger charge is -2.28. The Morgan fingerprint density at radius 2 is 2.28 bits per heavy atom. The molecule has 1 amide bonds. The molecule has 1 atom stereocenters. The monoisotopic (exact) mass is 253 g/mol. The summed E-state index contributed by atoms with van der Waals surface area (Å²) in [6.07, 6.45) is 0.965. The van der Waals surface area contributed by atoms with Gasteiger partial charge in [0.15, 0.2) is 0 Å². The zero-order valence-corrected chi connectivity index (χ0v) is 11.4. The minimum atomic E-state index is -0.0454.